The van der Waals surface area contributed by atoms with E-state index in [2.05, 4.69) is 133 Å². The second kappa shape index (κ2) is 8.18. The zero-order valence-electron chi connectivity index (χ0n) is 19.6. The van der Waals surface area contributed by atoms with Gasteiger partial charge in [0.1, 0.15) is 0 Å². The number of benzene rings is 5. The van der Waals surface area contributed by atoms with Crippen LogP contribution >= 0.6 is 11.8 Å². The van der Waals surface area contributed by atoms with Gasteiger partial charge in [0.05, 0.1) is 5.70 Å². The van der Waals surface area contributed by atoms with Crippen molar-refractivity contribution in [1.82, 2.24) is 0 Å². The molecule has 0 saturated heterocycles. The first-order valence-electron chi connectivity index (χ1n) is 12.2. The molecule has 1 nitrogen and oxygen atoms in total. The lowest BCUT2D eigenvalue weighted by Crippen LogP contribution is -2.25. The highest BCUT2D eigenvalue weighted by Gasteiger charge is 2.40. The van der Waals surface area contributed by atoms with Gasteiger partial charge in [-0.25, -0.2) is 0 Å². The van der Waals surface area contributed by atoms with Crippen LogP contribution in [0.15, 0.2) is 126 Å². The van der Waals surface area contributed by atoms with Crippen molar-refractivity contribution in [3.8, 4) is 0 Å². The number of anilines is 2. The first-order chi connectivity index (χ1) is 17.3. The molecule has 5 aromatic carbocycles. The Labute approximate surface area is 210 Å². The van der Waals surface area contributed by atoms with Crippen LogP contribution in [0.1, 0.15) is 28.2 Å². The lowest BCUT2D eigenvalue weighted by Gasteiger charge is -2.36. The second-order valence-corrected chi connectivity index (χ2v) is 10.6. The molecule has 1 aliphatic carbocycles. The van der Waals surface area contributed by atoms with E-state index in [4.69, 9.17) is 0 Å². The van der Waals surface area contributed by atoms with Crippen LogP contribution < -0.4 is 4.90 Å². The van der Waals surface area contributed by atoms with Crippen molar-refractivity contribution in [3.63, 3.8) is 0 Å². The molecule has 2 unspecified atom stereocenters. The Morgan fingerprint density at radius 3 is 2.31 bits per heavy atom. The first-order valence-corrected chi connectivity index (χ1v) is 13.1. The standard InChI is InChI=1S/C33H25NS/c1-22-11-5-10-18-28(22)34(24-13-3-2-4-14-24)29-21-31-33(27-17-9-8-16-26(27)29)32-25-15-7-6-12-23(25)19-20-30(32)35-31/h2-21,31,33H,1H3. The minimum atomic E-state index is 0.357. The van der Waals surface area contributed by atoms with E-state index in [1.807, 2.05) is 11.8 Å². The van der Waals surface area contributed by atoms with Crippen LogP contribution in [0.2, 0.25) is 0 Å². The third-order valence-electron chi connectivity index (χ3n) is 7.34. The molecule has 0 N–H and O–H groups in total. The van der Waals surface area contributed by atoms with Crippen LogP contribution in [-0.4, -0.2) is 5.25 Å². The van der Waals surface area contributed by atoms with Gasteiger partial charge >= 0.3 is 0 Å². The highest BCUT2D eigenvalue weighted by molar-refractivity contribution is 8.00. The maximum absolute atomic E-state index is 2.52. The van der Waals surface area contributed by atoms with Gasteiger partial charge < -0.3 is 4.90 Å². The third kappa shape index (κ3) is 3.25. The van der Waals surface area contributed by atoms with E-state index in [-0.39, 0.29) is 0 Å². The maximum atomic E-state index is 2.52. The first kappa shape index (κ1) is 20.6. The second-order valence-electron chi connectivity index (χ2n) is 9.36. The molecule has 0 bridgehead atoms. The monoisotopic (exact) mass is 467 g/mol. The number of fused-ring (bicyclic) bond motifs is 7. The molecule has 1 heterocycles. The summed E-state index contributed by atoms with van der Waals surface area (Å²) in [7, 11) is 0. The van der Waals surface area contributed by atoms with Gasteiger partial charge in [-0.3, -0.25) is 0 Å². The number of hydrogen-bond donors (Lipinski definition) is 0. The number of thioether (sulfide) groups is 1. The lowest BCUT2D eigenvalue weighted by molar-refractivity contribution is 0.844. The van der Waals surface area contributed by atoms with E-state index in [1.165, 1.54) is 55.0 Å². The van der Waals surface area contributed by atoms with Crippen LogP contribution in [0, 0.1) is 6.92 Å². The Morgan fingerprint density at radius 2 is 1.43 bits per heavy atom. The van der Waals surface area contributed by atoms with Crippen molar-refractivity contribution in [2.75, 3.05) is 4.90 Å². The number of para-hydroxylation sites is 2. The van der Waals surface area contributed by atoms with Crippen molar-refractivity contribution in [2.24, 2.45) is 0 Å². The van der Waals surface area contributed by atoms with Crippen LogP contribution in [-0.2, 0) is 0 Å². The zero-order valence-corrected chi connectivity index (χ0v) is 20.4. The van der Waals surface area contributed by atoms with Crippen molar-refractivity contribution in [1.29, 1.82) is 0 Å². The van der Waals surface area contributed by atoms with E-state index in [9.17, 15) is 0 Å². The van der Waals surface area contributed by atoms with Crippen LogP contribution in [0.5, 0.6) is 0 Å². The largest absolute Gasteiger partial charge is 0.310 e. The molecule has 0 aromatic heterocycles. The SMILES string of the molecule is Cc1ccccc1N(C1=CC2Sc3ccc4ccccc4c3C2c2ccccc21)c1ccccc1. The van der Waals surface area contributed by atoms with Gasteiger partial charge in [-0.1, -0.05) is 91.0 Å². The lowest BCUT2D eigenvalue weighted by atomic mass is 9.79. The molecule has 0 amide bonds. The average Bonchev–Trinajstić information content (AvgIpc) is 3.30. The molecule has 168 valence electrons. The zero-order chi connectivity index (χ0) is 23.4. The molecule has 0 radical (unpaired) electrons. The van der Waals surface area contributed by atoms with Gasteiger partial charge in [-0.2, -0.15) is 0 Å². The topological polar surface area (TPSA) is 3.24 Å². The molecular weight excluding hydrogens is 442 g/mol. The highest BCUT2D eigenvalue weighted by Crippen LogP contribution is 2.56. The van der Waals surface area contributed by atoms with Crippen LogP contribution in [0.3, 0.4) is 0 Å². The maximum Gasteiger partial charge on any atom is 0.0508 e. The fourth-order valence-corrected chi connectivity index (χ4v) is 7.20. The summed E-state index contributed by atoms with van der Waals surface area (Å²) in [6.45, 7) is 2.20. The van der Waals surface area contributed by atoms with E-state index in [1.54, 1.807) is 0 Å². The van der Waals surface area contributed by atoms with Gasteiger partial charge in [0.2, 0.25) is 0 Å². The van der Waals surface area contributed by atoms with E-state index in [0.29, 0.717) is 11.2 Å². The molecule has 35 heavy (non-hydrogen) atoms. The van der Waals surface area contributed by atoms with Crippen molar-refractivity contribution < 1.29 is 0 Å². The highest BCUT2D eigenvalue weighted by atomic mass is 32.2. The molecule has 2 heteroatoms. The van der Waals surface area contributed by atoms with Gasteiger partial charge in [0.25, 0.3) is 0 Å². The van der Waals surface area contributed by atoms with Crippen LogP contribution in [0.4, 0.5) is 11.4 Å². The Kier molecular flexibility index (Phi) is 4.82. The van der Waals surface area contributed by atoms with Crippen LogP contribution in [0.25, 0.3) is 16.5 Å². The van der Waals surface area contributed by atoms with E-state index < -0.39 is 0 Å². The van der Waals surface area contributed by atoms with Crippen molar-refractivity contribution in [3.05, 3.63) is 144 Å². The Balaban J connectivity index is 1.47. The van der Waals surface area contributed by atoms with Gasteiger partial charge in [-0.15, -0.1) is 11.8 Å². The van der Waals surface area contributed by atoms with Gasteiger partial charge in [0, 0.05) is 33.0 Å². The summed E-state index contributed by atoms with van der Waals surface area (Å²) < 4.78 is 0. The van der Waals surface area contributed by atoms with Gasteiger partial charge in [-0.05, 0) is 64.7 Å². The van der Waals surface area contributed by atoms with E-state index >= 15 is 0 Å². The Morgan fingerprint density at radius 1 is 0.686 bits per heavy atom. The smallest absolute Gasteiger partial charge is 0.0508 e. The molecule has 2 aliphatic rings. The molecule has 0 fully saturated rings. The molecular formula is C33H25NS. The minimum Gasteiger partial charge on any atom is -0.310 e. The van der Waals surface area contributed by atoms with Crippen molar-refractivity contribution >= 4 is 39.6 Å². The molecule has 7 rings (SSSR count). The van der Waals surface area contributed by atoms with Gasteiger partial charge in [0.15, 0.2) is 0 Å². The summed E-state index contributed by atoms with van der Waals surface area (Å²) in [4.78, 5) is 3.86. The summed E-state index contributed by atoms with van der Waals surface area (Å²) in [5.74, 6) is 0.357. The van der Waals surface area contributed by atoms with Crippen molar-refractivity contribution in [2.45, 2.75) is 23.0 Å². The summed E-state index contributed by atoms with van der Waals surface area (Å²) in [6.07, 6.45) is 2.52. The van der Waals surface area contributed by atoms with E-state index in [0.717, 1.165) is 0 Å². The number of rotatable bonds is 3. The predicted octanol–water partition coefficient (Wildman–Crippen LogP) is 8.95. The third-order valence-corrected chi connectivity index (χ3v) is 8.63. The molecule has 2 atom stereocenters. The summed E-state index contributed by atoms with van der Waals surface area (Å²) in [5, 5.41) is 3.07. The fraction of sp³-hybridized carbons (Fsp3) is 0.0909. The minimum absolute atomic E-state index is 0.357. The number of nitrogens with zero attached hydrogens (tertiary/aromatic N) is 1. The molecule has 0 spiro atoms. The average molecular weight is 468 g/mol. The normalized spacial score (nSPS) is 17.9. The Hall–Kier alpha value is -3.75. The summed E-state index contributed by atoms with van der Waals surface area (Å²) in [6, 6.07) is 42.0. The predicted molar refractivity (Wildman–Crippen MR) is 150 cm³/mol. The molecule has 5 aromatic rings. The number of hydrogen-bond acceptors (Lipinski definition) is 2. The summed E-state index contributed by atoms with van der Waals surface area (Å²) >= 11 is 2.01. The molecule has 1 aliphatic heterocycles. The number of aryl methyl sites for hydroxylation is 1. The Bertz CT molecular complexity index is 1600. The molecule has 0 saturated carbocycles. The quantitative estimate of drug-likeness (QED) is 0.260. The fourth-order valence-electron chi connectivity index (χ4n) is 5.78. The summed E-state index contributed by atoms with van der Waals surface area (Å²) in [5.41, 5.74) is 9.19.